The largest absolute Gasteiger partial charge is 0.449 e. The normalized spacial score (nSPS) is 16.5. The lowest BCUT2D eigenvalue weighted by molar-refractivity contribution is -0.122. The highest BCUT2D eigenvalue weighted by Crippen LogP contribution is 2.29. The summed E-state index contributed by atoms with van der Waals surface area (Å²) in [5.41, 5.74) is 2.06. The first-order valence-corrected chi connectivity index (χ1v) is 16.1. The summed E-state index contributed by atoms with van der Waals surface area (Å²) in [7, 11) is -3.96. The Morgan fingerprint density at radius 2 is 1.71 bits per heavy atom. The number of aryl methyl sites for hydroxylation is 1. The first-order chi connectivity index (χ1) is 21.6. The van der Waals surface area contributed by atoms with Gasteiger partial charge in [0.1, 0.15) is 12.1 Å². The van der Waals surface area contributed by atoms with Crippen molar-refractivity contribution in [2.45, 2.75) is 38.7 Å². The van der Waals surface area contributed by atoms with Crippen LogP contribution < -0.4 is 4.90 Å². The van der Waals surface area contributed by atoms with Crippen LogP contribution in [-0.4, -0.2) is 71.5 Å². The van der Waals surface area contributed by atoms with E-state index in [0.717, 1.165) is 20.0 Å². The molecule has 1 aliphatic heterocycles. The second kappa shape index (κ2) is 13.5. The number of nitrogens with zero attached hydrogens (tertiary/aromatic N) is 5. The van der Waals surface area contributed by atoms with Crippen molar-refractivity contribution in [2.24, 2.45) is 11.8 Å². The molecule has 0 N–H and O–H groups in total. The van der Waals surface area contributed by atoms with E-state index in [0.29, 0.717) is 13.0 Å². The van der Waals surface area contributed by atoms with E-state index in [9.17, 15) is 22.8 Å². The van der Waals surface area contributed by atoms with E-state index in [4.69, 9.17) is 9.47 Å². The van der Waals surface area contributed by atoms with Crippen LogP contribution >= 0.6 is 0 Å². The number of ketones is 1. The number of amides is 2. The van der Waals surface area contributed by atoms with E-state index in [1.54, 1.807) is 19.1 Å². The smallest absolute Gasteiger partial charge is 0.415 e. The summed E-state index contributed by atoms with van der Waals surface area (Å²) < 4.78 is 38.3. The van der Waals surface area contributed by atoms with Gasteiger partial charge in [0.2, 0.25) is 0 Å². The van der Waals surface area contributed by atoms with Crippen molar-refractivity contribution >= 4 is 45.0 Å². The van der Waals surface area contributed by atoms with Crippen molar-refractivity contribution in [2.75, 3.05) is 31.1 Å². The standard InChI is InChI=1S/C32H35N5O7S/c1-4-24-18-35(31(39)44-21-23-9-7-6-8-10-23)19-26(24)28(38)20-36(32(40)43-5-2)29-17-33-30-27(34-29)15-16-37(30)45(41,42)25-13-11-22(3)12-14-25/h6-17,24,26H,4-5,18-21H2,1-3H3/t24-,26-/m0/s1. The van der Waals surface area contributed by atoms with Gasteiger partial charge in [0.25, 0.3) is 10.0 Å². The molecule has 12 nitrogen and oxygen atoms in total. The molecule has 5 rings (SSSR count). The van der Waals surface area contributed by atoms with Gasteiger partial charge in [-0.3, -0.25) is 9.69 Å². The van der Waals surface area contributed by atoms with Crippen LogP contribution in [0.5, 0.6) is 0 Å². The van der Waals surface area contributed by atoms with Crippen LogP contribution in [0, 0.1) is 18.8 Å². The number of ether oxygens (including phenoxy) is 2. The van der Waals surface area contributed by atoms with Crippen LogP contribution in [0.25, 0.3) is 11.2 Å². The van der Waals surface area contributed by atoms with Gasteiger partial charge in [-0.2, -0.15) is 0 Å². The number of likely N-dealkylation sites (tertiary alicyclic amines) is 1. The number of carbonyl (C=O) groups excluding carboxylic acids is 3. The minimum atomic E-state index is -3.96. The number of carbonyl (C=O) groups is 3. The zero-order valence-corrected chi connectivity index (χ0v) is 26.1. The lowest BCUT2D eigenvalue weighted by atomic mass is 9.90. The average molecular weight is 634 g/mol. The highest BCUT2D eigenvalue weighted by atomic mass is 32.2. The Balaban J connectivity index is 1.34. The van der Waals surface area contributed by atoms with E-state index < -0.39 is 28.1 Å². The molecule has 0 aliphatic carbocycles. The fraction of sp³-hybridized carbons (Fsp3) is 0.344. The van der Waals surface area contributed by atoms with Gasteiger partial charge in [0.05, 0.1) is 24.2 Å². The Hall–Kier alpha value is -4.78. The third kappa shape index (κ3) is 6.83. The summed E-state index contributed by atoms with van der Waals surface area (Å²) in [6.45, 7) is 5.79. The van der Waals surface area contributed by atoms with E-state index in [1.165, 1.54) is 35.5 Å². The zero-order valence-electron chi connectivity index (χ0n) is 25.3. The molecular weight excluding hydrogens is 598 g/mol. The molecule has 3 heterocycles. The predicted molar refractivity (Wildman–Crippen MR) is 166 cm³/mol. The summed E-state index contributed by atoms with van der Waals surface area (Å²) in [5, 5.41) is 0. The molecule has 2 amide bonds. The number of fused-ring (bicyclic) bond motifs is 1. The Bertz CT molecular complexity index is 1790. The zero-order chi connectivity index (χ0) is 32.1. The van der Waals surface area contributed by atoms with Crippen LogP contribution in [0.2, 0.25) is 0 Å². The summed E-state index contributed by atoms with van der Waals surface area (Å²) >= 11 is 0. The maximum absolute atomic E-state index is 13.7. The second-order valence-corrected chi connectivity index (χ2v) is 12.7. The van der Waals surface area contributed by atoms with Crippen molar-refractivity contribution < 1.29 is 32.3 Å². The first-order valence-electron chi connectivity index (χ1n) is 14.7. The van der Waals surface area contributed by atoms with Crippen LogP contribution in [0.3, 0.4) is 0 Å². The summed E-state index contributed by atoms with van der Waals surface area (Å²) in [5.74, 6) is -0.895. The van der Waals surface area contributed by atoms with Crippen LogP contribution in [-0.2, 0) is 30.9 Å². The predicted octanol–water partition coefficient (Wildman–Crippen LogP) is 4.80. The lowest BCUT2D eigenvalue weighted by Gasteiger charge is -2.23. The lowest BCUT2D eigenvalue weighted by Crippen LogP contribution is -2.41. The summed E-state index contributed by atoms with van der Waals surface area (Å²) in [6.07, 6.45) is 1.94. The monoisotopic (exact) mass is 633 g/mol. The fourth-order valence-electron chi connectivity index (χ4n) is 5.35. The van der Waals surface area contributed by atoms with Gasteiger partial charge in [-0.15, -0.1) is 0 Å². The molecule has 45 heavy (non-hydrogen) atoms. The van der Waals surface area contributed by atoms with Crippen molar-refractivity contribution in [3.8, 4) is 0 Å². The molecule has 2 aromatic carbocycles. The third-order valence-electron chi connectivity index (χ3n) is 7.84. The molecule has 0 radical (unpaired) electrons. The molecule has 4 aromatic rings. The SMILES string of the molecule is CCOC(=O)N(CC(=O)[C@H]1CN(C(=O)OCc2ccccc2)C[C@@H]1CC)c1cnc2c(ccn2S(=O)(=O)c2ccc(C)cc2)n1. The van der Waals surface area contributed by atoms with Gasteiger partial charge in [0, 0.05) is 25.2 Å². The van der Waals surface area contributed by atoms with Crippen molar-refractivity contribution in [1.82, 2.24) is 18.8 Å². The Morgan fingerprint density at radius 3 is 2.40 bits per heavy atom. The van der Waals surface area contributed by atoms with Crippen LogP contribution in [0.15, 0.2) is 78.0 Å². The molecule has 2 atom stereocenters. The molecule has 0 saturated carbocycles. The Morgan fingerprint density at radius 1 is 0.978 bits per heavy atom. The quantitative estimate of drug-likeness (QED) is 0.241. The second-order valence-electron chi connectivity index (χ2n) is 10.8. The molecule has 1 saturated heterocycles. The maximum atomic E-state index is 13.7. The van der Waals surface area contributed by atoms with Gasteiger partial charge in [-0.25, -0.2) is 31.9 Å². The third-order valence-corrected chi connectivity index (χ3v) is 9.52. The van der Waals surface area contributed by atoms with Gasteiger partial charge in [0.15, 0.2) is 17.2 Å². The number of aromatic nitrogens is 3. The van der Waals surface area contributed by atoms with Crippen molar-refractivity contribution in [3.63, 3.8) is 0 Å². The molecule has 1 aliphatic rings. The molecule has 0 unspecified atom stereocenters. The molecule has 236 valence electrons. The van der Waals surface area contributed by atoms with E-state index in [2.05, 4.69) is 9.97 Å². The number of anilines is 1. The van der Waals surface area contributed by atoms with Gasteiger partial charge >= 0.3 is 12.2 Å². The molecule has 0 spiro atoms. The van der Waals surface area contributed by atoms with Crippen molar-refractivity contribution in [3.05, 3.63) is 84.2 Å². The topological polar surface area (TPSA) is 141 Å². The molecule has 2 aromatic heterocycles. The Kier molecular flexibility index (Phi) is 9.47. The van der Waals surface area contributed by atoms with Crippen LogP contribution in [0.1, 0.15) is 31.4 Å². The number of benzene rings is 2. The van der Waals surface area contributed by atoms with E-state index in [1.807, 2.05) is 44.2 Å². The van der Waals surface area contributed by atoms with Crippen molar-refractivity contribution in [1.29, 1.82) is 0 Å². The fourth-order valence-corrected chi connectivity index (χ4v) is 6.65. The highest BCUT2D eigenvalue weighted by molar-refractivity contribution is 7.90. The maximum Gasteiger partial charge on any atom is 0.415 e. The minimum Gasteiger partial charge on any atom is -0.449 e. The van der Waals surface area contributed by atoms with Gasteiger partial charge in [-0.05, 0) is 43.5 Å². The number of rotatable bonds is 10. The molecular formula is C32H35N5O7S. The number of Topliss-reactive ketones (excluding diaryl/α,β-unsaturated/α-hetero) is 1. The Labute approximate surface area is 261 Å². The van der Waals surface area contributed by atoms with Crippen LogP contribution in [0.4, 0.5) is 15.4 Å². The highest BCUT2D eigenvalue weighted by Gasteiger charge is 2.40. The average Bonchev–Trinajstić information content (AvgIpc) is 3.68. The molecule has 13 heteroatoms. The first kappa shape index (κ1) is 31.6. The van der Waals surface area contributed by atoms with Gasteiger partial charge in [-0.1, -0.05) is 61.4 Å². The minimum absolute atomic E-state index is 0.0324. The summed E-state index contributed by atoms with van der Waals surface area (Å²) in [4.78, 5) is 51.1. The number of hydrogen-bond donors (Lipinski definition) is 0. The molecule has 1 fully saturated rings. The van der Waals surface area contributed by atoms with Gasteiger partial charge < -0.3 is 14.4 Å². The van der Waals surface area contributed by atoms with E-state index in [-0.39, 0.29) is 59.9 Å². The van der Waals surface area contributed by atoms with E-state index >= 15 is 0 Å². The summed E-state index contributed by atoms with van der Waals surface area (Å²) in [6, 6.07) is 17.2. The number of hydrogen-bond acceptors (Lipinski definition) is 9. The molecule has 0 bridgehead atoms.